The van der Waals surface area contributed by atoms with Crippen LogP contribution in [0.3, 0.4) is 0 Å². The topological polar surface area (TPSA) is 34.1 Å². The van der Waals surface area contributed by atoms with Crippen molar-refractivity contribution in [1.29, 1.82) is 0 Å². The maximum Gasteiger partial charge on any atom is 0.161 e. The van der Waals surface area contributed by atoms with E-state index in [0.717, 1.165) is 44.9 Å². The van der Waals surface area contributed by atoms with E-state index in [1.807, 2.05) is 0 Å². The Labute approximate surface area is 118 Å². The fourth-order valence-corrected chi connectivity index (χ4v) is 2.50. The van der Waals surface area contributed by atoms with Crippen molar-refractivity contribution >= 4 is 11.6 Å². The van der Waals surface area contributed by atoms with Crippen LogP contribution in [0.2, 0.25) is 0 Å². The van der Waals surface area contributed by atoms with Crippen molar-refractivity contribution in [2.24, 2.45) is 5.41 Å². The fourth-order valence-electron chi connectivity index (χ4n) is 2.50. The summed E-state index contributed by atoms with van der Waals surface area (Å²) < 4.78 is 0. The van der Waals surface area contributed by atoms with Crippen molar-refractivity contribution in [3.63, 3.8) is 0 Å². The zero-order chi connectivity index (χ0) is 14.7. The Bertz CT molecular complexity index is 317. The number of hydrogen-bond acceptors (Lipinski definition) is 2. The first kappa shape index (κ1) is 17.8. The SMILES string of the molecule is C=CC(=O)CCCCC(CC)(CCCC)C(=O)C=C. The maximum atomic E-state index is 12.2. The molecule has 0 rings (SSSR count). The second-order valence-corrected chi connectivity index (χ2v) is 5.18. The van der Waals surface area contributed by atoms with Crippen LogP contribution in [0.1, 0.15) is 65.2 Å². The molecule has 0 aliphatic heterocycles. The standard InChI is InChI=1S/C17H28O2/c1-5-9-13-17(8-4,16(19)7-3)14-11-10-12-15(18)6-2/h6-7H,2-3,5,8-14H2,1,4H3. The lowest BCUT2D eigenvalue weighted by Gasteiger charge is -2.30. The summed E-state index contributed by atoms with van der Waals surface area (Å²) in [6.07, 6.45) is 9.94. The van der Waals surface area contributed by atoms with Gasteiger partial charge in [0, 0.05) is 11.8 Å². The fraction of sp³-hybridized carbons (Fsp3) is 0.647. The molecule has 0 aromatic heterocycles. The first-order valence-corrected chi connectivity index (χ1v) is 7.38. The van der Waals surface area contributed by atoms with E-state index in [1.165, 1.54) is 12.2 Å². The van der Waals surface area contributed by atoms with Crippen molar-refractivity contribution in [1.82, 2.24) is 0 Å². The maximum absolute atomic E-state index is 12.2. The molecule has 0 aromatic carbocycles. The summed E-state index contributed by atoms with van der Waals surface area (Å²) in [7, 11) is 0. The highest BCUT2D eigenvalue weighted by Gasteiger charge is 2.33. The van der Waals surface area contributed by atoms with Gasteiger partial charge in [-0.3, -0.25) is 9.59 Å². The molecule has 19 heavy (non-hydrogen) atoms. The molecule has 0 saturated heterocycles. The summed E-state index contributed by atoms with van der Waals surface area (Å²) in [6, 6.07) is 0. The molecule has 1 unspecified atom stereocenters. The Morgan fingerprint density at radius 3 is 2.11 bits per heavy atom. The molecule has 108 valence electrons. The Kier molecular flexibility index (Phi) is 9.11. The molecule has 0 amide bonds. The summed E-state index contributed by atoms with van der Waals surface area (Å²) in [5, 5.41) is 0. The highest BCUT2D eigenvalue weighted by Crippen LogP contribution is 2.36. The average molecular weight is 264 g/mol. The molecule has 0 bridgehead atoms. The monoisotopic (exact) mass is 264 g/mol. The van der Waals surface area contributed by atoms with Gasteiger partial charge >= 0.3 is 0 Å². The van der Waals surface area contributed by atoms with E-state index in [1.54, 1.807) is 0 Å². The van der Waals surface area contributed by atoms with Crippen LogP contribution < -0.4 is 0 Å². The van der Waals surface area contributed by atoms with Gasteiger partial charge in [0.2, 0.25) is 0 Å². The summed E-state index contributed by atoms with van der Waals surface area (Å²) in [4.78, 5) is 23.3. The van der Waals surface area contributed by atoms with Gasteiger partial charge in [-0.25, -0.2) is 0 Å². The highest BCUT2D eigenvalue weighted by atomic mass is 16.1. The molecule has 0 aliphatic carbocycles. The second kappa shape index (κ2) is 9.71. The lowest BCUT2D eigenvalue weighted by molar-refractivity contribution is -0.125. The molecule has 0 radical (unpaired) electrons. The zero-order valence-electron chi connectivity index (χ0n) is 12.5. The molecule has 0 N–H and O–H groups in total. The number of unbranched alkanes of at least 4 members (excludes halogenated alkanes) is 2. The Balaban J connectivity index is 4.48. The molecule has 0 saturated carbocycles. The first-order valence-electron chi connectivity index (χ1n) is 7.38. The van der Waals surface area contributed by atoms with Crippen LogP contribution in [-0.2, 0) is 9.59 Å². The summed E-state index contributed by atoms with van der Waals surface area (Å²) in [5.74, 6) is 0.254. The van der Waals surface area contributed by atoms with Crippen LogP contribution >= 0.6 is 0 Å². The van der Waals surface area contributed by atoms with E-state index in [9.17, 15) is 9.59 Å². The molecule has 2 heteroatoms. The van der Waals surface area contributed by atoms with Crippen LogP contribution in [0.4, 0.5) is 0 Å². The predicted molar refractivity (Wildman–Crippen MR) is 81.1 cm³/mol. The predicted octanol–water partition coefficient (Wildman–Crippen LogP) is 4.64. The summed E-state index contributed by atoms with van der Waals surface area (Å²) in [6.45, 7) is 11.3. The number of rotatable bonds is 12. The van der Waals surface area contributed by atoms with Crippen molar-refractivity contribution in [3.05, 3.63) is 25.3 Å². The van der Waals surface area contributed by atoms with Crippen LogP contribution in [0.25, 0.3) is 0 Å². The van der Waals surface area contributed by atoms with Crippen LogP contribution in [0, 0.1) is 5.41 Å². The minimum atomic E-state index is -0.255. The third-order valence-electron chi connectivity index (χ3n) is 3.95. The minimum absolute atomic E-state index is 0.0886. The molecular formula is C17H28O2. The largest absolute Gasteiger partial charge is 0.295 e. The number of carbonyl (C=O) groups is 2. The third-order valence-corrected chi connectivity index (χ3v) is 3.95. The highest BCUT2D eigenvalue weighted by molar-refractivity contribution is 5.94. The molecule has 0 spiro atoms. The van der Waals surface area contributed by atoms with E-state index >= 15 is 0 Å². The van der Waals surface area contributed by atoms with E-state index in [4.69, 9.17) is 0 Å². The lowest BCUT2D eigenvalue weighted by atomic mass is 9.72. The van der Waals surface area contributed by atoms with Gasteiger partial charge in [-0.1, -0.05) is 46.3 Å². The molecule has 1 atom stereocenters. The van der Waals surface area contributed by atoms with Gasteiger partial charge in [0.05, 0.1) is 0 Å². The van der Waals surface area contributed by atoms with Crippen molar-refractivity contribution in [3.8, 4) is 0 Å². The quantitative estimate of drug-likeness (QED) is 0.380. The van der Waals surface area contributed by atoms with Gasteiger partial charge in [-0.15, -0.1) is 0 Å². The van der Waals surface area contributed by atoms with Gasteiger partial charge in [-0.05, 0) is 37.8 Å². The van der Waals surface area contributed by atoms with Crippen molar-refractivity contribution < 1.29 is 9.59 Å². The smallest absolute Gasteiger partial charge is 0.161 e. The summed E-state index contributed by atoms with van der Waals surface area (Å²) in [5.41, 5.74) is -0.255. The molecule has 0 heterocycles. The van der Waals surface area contributed by atoms with Crippen LogP contribution in [0.5, 0.6) is 0 Å². The van der Waals surface area contributed by atoms with Gasteiger partial charge in [0.15, 0.2) is 11.6 Å². The van der Waals surface area contributed by atoms with Crippen molar-refractivity contribution in [2.75, 3.05) is 0 Å². The first-order chi connectivity index (χ1) is 9.06. The number of allylic oxidation sites excluding steroid dienone is 2. The van der Waals surface area contributed by atoms with E-state index in [0.29, 0.717) is 6.42 Å². The van der Waals surface area contributed by atoms with Gasteiger partial charge in [0.25, 0.3) is 0 Å². The molecular weight excluding hydrogens is 236 g/mol. The molecule has 0 aliphatic rings. The second-order valence-electron chi connectivity index (χ2n) is 5.18. The zero-order valence-corrected chi connectivity index (χ0v) is 12.5. The van der Waals surface area contributed by atoms with Gasteiger partial charge in [0.1, 0.15) is 0 Å². The number of ketones is 2. The average Bonchev–Trinajstić information content (AvgIpc) is 2.45. The minimum Gasteiger partial charge on any atom is -0.295 e. The van der Waals surface area contributed by atoms with E-state index in [-0.39, 0.29) is 17.0 Å². The molecule has 0 fully saturated rings. The third kappa shape index (κ3) is 6.00. The lowest BCUT2D eigenvalue weighted by Crippen LogP contribution is -2.29. The summed E-state index contributed by atoms with van der Waals surface area (Å²) >= 11 is 0. The molecule has 2 nitrogen and oxygen atoms in total. The van der Waals surface area contributed by atoms with Crippen LogP contribution in [-0.4, -0.2) is 11.6 Å². The number of hydrogen-bond donors (Lipinski definition) is 0. The Morgan fingerprint density at radius 2 is 1.63 bits per heavy atom. The van der Waals surface area contributed by atoms with E-state index in [2.05, 4.69) is 27.0 Å². The van der Waals surface area contributed by atoms with Crippen LogP contribution in [0.15, 0.2) is 25.3 Å². The normalized spacial score (nSPS) is 13.6. The Morgan fingerprint density at radius 1 is 1.00 bits per heavy atom. The van der Waals surface area contributed by atoms with E-state index < -0.39 is 0 Å². The number of carbonyl (C=O) groups excluding carboxylic acids is 2. The van der Waals surface area contributed by atoms with Gasteiger partial charge < -0.3 is 0 Å². The van der Waals surface area contributed by atoms with Gasteiger partial charge in [-0.2, -0.15) is 0 Å². The molecule has 0 aromatic rings. The van der Waals surface area contributed by atoms with Crippen molar-refractivity contribution in [2.45, 2.75) is 65.2 Å². The Hall–Kier alpha value is -1.18.